The highest BCUT2D eigenvalue weighted by Gasteiger charge is 2.28. The normalized spacial score (nSPS) is 21.3. The molecule has 0 bridgehead atoms. The Labute approximate surface area is 161 Å². The smallest absolute Gasteiger partial charge is 0.0404 e. The lowest BCUT2D eigenvalue weighted by Crippen LogP contribution is -2.04. The van der Waals surface area contributed by atoms with E-state index >= 15 is 0 Å². The quantitative estimate of drug-likeness (QED) is 0.276. The van der Waals surface area contributed by atoms with Crippen LogP contribution in [0.3, 0.4) is 0 Å². The predicted molar refractivity (Wildman–Crippen MR) is 117 cm³/mol. The molecular weight excluding hydrogens is 409 g/mol. The molecule has 7 rings (SSSR count). The van der Waals surface area contributed by atoms with Gasteiger partial charge in [-0.15, -0.1) is 47.0 Å². The molecule has 120 valence electrons. The molecule has 4 heterocycles. The standard InChI is InChI=1S/C18H12S6/c1-2-10-14-13-9(1)19-5-23-7-21-11-3-4-12-16(15(11)17(13)23)18(14)24(6-20-10)8-22-12/h1-4H,5-8H2. The summed E-state index contributed by atoms with van der Waals surface area (Å²) in [5, 5.41) is 11.8. The fraction of sp³-hybridized carbons (Fsp3) is 0.222. The zero-order chi connectivity index (χ0) is 15.4. The summed E-state index contributed by atoms with van der Waals surface area (Å²) < 4.78 is 3.48. The third-order valence-corrected chi connectivity index (χ3v) is 16.2. The topological polar surface area (TPSA) is 0 Å². The molecule has 0 aromatic heterocycles. The molecule has 0 fully saturated rings. The van der Waals surface area contributed by atoms with Crippen LogP contribution in [0.25, 0.3) is 21.5 Å². The Kier molecular flexibility index (Phi) is 2.96. The van der Waals surface area contributed by atoms with Gasteiger partial charge in [-0.2, -0.15) is 21.0 Å². The fourth-order valence-electron chi connectivity index (χ4n) is 4.18. The first-order valence-electron chi connectivity index (χ1n) is 7.86. The molecular formula is C18H12S6. The fourth-order valence-corrected chi connectivity index (χ4v) is 16.5. The van der Waals surface area contributed by atoms with E-state index in [9.17, 15) is 0 Å². The average molecular weight is 421 g/mol. The van der Waals surface area contributed by atoms with Crippen LogP contribution >= 0.6 is 68.0 Å². The zero-order valence-electron chi connectivity index (χ0n) is 12.6. The van der Waals surface area contributed by atoms with Crippen molar-refractivity contribution in [2.75, 3.05) is 20.3 Å². The lowest BCUT2D eigenvalue weighted by molar-refractivity contribution is 1.39. The second kappa shape index (κ2) is 4.96. The molecule has 0 N–H and O–H groups in total. The van der Waals surface area contributed by atoms with Crippen molar-refractivity contribution < 1.29 is 0 Å². The van der Waals surface area contributed by atoms with Crippen molar-refractivity contribution in [2.45, 2.75) is 19.6 Å². The van der Waals surface area contributed by atoms with E-state index in [2.05, 4.69) is 71.3 Å². The van der Waals surface area contributed by atoms with Crippen LogP contribution in [-0.2, 0) is 0 Å². The second-order valence-electron chi connectivity index (χ2n) is 6.32. The Hall–Kier alpha value is 0.280. The van der Waals surface area contributed by atoms with Crippen LogP contribution < -0.4 is 0 Å². The molecule has 0 spiro atoms. The van der Waals surface area contributed by atoms with Gasteiger partial charge in [-0.3, -0.25) is 0 Å². The third-order valence-electron chi connectivity index (χ3n) is 5.17. The molecule has 0 unspecified atom stereocenters. The van der Waals surface area contributed by atoms with Crippen molar-refractivity contribution in [1.82, 2.24) is 0 Å². The molecule has 3 aromatic carbocycles. The first kappa shape index (κ1) is 14.4. The minimum absolute atomic E-state index is 0.422. The van der Waals surface area contributed by atoms with Crippen molar-refractivity contribution in [1.29, 1.82) is 0 Å². The Bertz CT molecular complexity index is 1070. The zero-order valence-corrected chi connectivity index (χ0v) is 17.5. The van der Waals surface area contributed by atoms with Gasteiger partial charge < -0.3 is 0 Å². The summed E-state index contributed by atoms with van der Waals surface area (Å²) in [4.78, 5) is 6.22. The largest absolute Gasteiger partial charge is 0.156 e. The van der Waals surface area contributed by atoms with E-state index in [1.54, 1.807) is 50.1 Å². The van der Waals surface area contributed by atoms with Crippen LogP contribution in [0.2, 0.25) is 0 Å². The van der Waals surface area contributed by atoms with Gasteiger partial charge in [-0.05, 0) is 24.3 Å². The maximum atomic E-state index is 2.41. The average Bonchev–Trinajstić information content (AvgIpc) is 2.65. The van der Waals surface area contributed by atoms with Crippen LogP contribution in [0.4, 0.5) is 0 Å². The molecule has 0 saturated heterocycles. The summed E-state index contributed by atoms with van der Waals surface area (Å²) in [5.41, 5.74) is 0. The van der Waals surface area contributed by atoms with Crippen LogP contribution in [0, 0.1) is 9.02 Å². The monoisotopic (exact) mass is 420 g/mol. The van der Waals surface area contributed by atoms with Crippen molar-refractivity contribution in [3.63, 3.8) is 0 Å². The number of benzene rings is 3. The lowest BCUT2D eigenvalue weighted by atomic mass is 10.0. The Balaban J connectivity index is 2.00. The predicted octanol–water partition coefficient (Wildman–Crippen LogP) is 7.29. The summed E-state index contributed by atoms with van der Waals surface area (Å²) in [6.45, 7) is 0. The van der Waals surface area contributed by atoms with Crippen molar-refractivity contribution >= 4 is 89.6 Å². The lowest BCUT2D eigenvalue weighted by Gasteiger charge is -2.30. The van der Waals surface area contributed by atoms with E-state index in [1.165, 1.54) is 20.3 Å². The van der Waals surface area contributed by atoms with Crippen LogP contribution in [-0.4, -0.2) is 20.3 Å². The Morgan fingerprint density at radius 3 is 1.08 bits per heavy atom. The number of rotatable bonds is 0. The molecule has 3 aromatic rings. The highest BCUT2D eigenvalue weighted by Crippen LogP contribution is 2.58. The van der Waals surface area contributed by atoms with E-state index in [4.69, 9.17) is 0 Å². The first-order chi connectivity index (χ1) is 11.9. The van der Waals surface area contributed by atoms with Gasteiger partial charge in [0.15, 0.2) is 0 Å². The molecule has 0 nitrogen and oxygen atoms in total. The van der Waals surface area contributed by atoms with Gasteiger partial charge in [-0.1, -0.05) is 0 Å². The molecule has 0 amide bonds. The Morgan fingerprint density at radius 1 is 0.500 bits per heavy atom. The highest BCUT2D eigenvalue weighted by molar-refractivity contribution is 8.29. The highest BCUT2D eigenvalue weighted by atomic mass is 32.3. The summed E-state index contributed by atoms with van der Waals surface area (Å²) in [5.74, 6) is 0. The van der Waals surface area contributed by atoms with E-state index in [1.807, 2.05) is 0 Å². The van der Waals surface area contributed by atoms with Crippen molar-refractivity contribution in [3.8, 4) is 0 Å². The van der Waals surface area contributed by atoms with Gasteiger partial charge in [0.05, 0.1) is 0 Å². The van der Waals surface area contributed by atoms with E-state index < -0.39 is 0 Å². The maximum absolute atomic E-state index is 2.41. The first-order valence-corrected chi connectivity index (χ1v) is 14.9. The summed E-state index contributed by atoms with van der Waals surface area (Å²) in [6, 6.07) is 9.66. The molecule has 0 saturated carbocycles. The SMILES string of the molecule is c1cc2c3c4c5c(ccc6c5c5c3c1SCS=5CS6)SCS=4CS2. The van der Waals surface area contributed by atoms with E-state index in [0.29, 0.717) is 21.0 Å². The van der Waals surface area contributed by atoms with Gasteiger partial charge >= 0.3 is 0 Å². The van der Waals surface area contributed by atoms with Crippen molar-refractivity contribution in [3.05, 3.63) is 33.3 Å². The molecule has 24 heavy (non-hydrogen) atoms. The summed E-state index contributed by atoms with van der Waals surface area (Å²) in [6.07, 6.45) is 0. The third kappa shape index (κ3) is 1.65. The van der Waals surface area contributed by atoms with Crippen LogP contribution in [0.15, 0.2) is 43.8 Å². The minimum atomic E-state index is 0.422. The van der Waals surface area contributed by atoms with Crippen molar-refractivity contribution in [2.24, 2.45) is 0 Å². The van der Waals surface area contributed by atoms with Gasteiger partial charge in [0.25, 0.3) is 0 Å². The Morgan fingerprint density at radius 2 is 0.792 bits per heavy atom. The number of hydrogen-bond donors (Lipinski definition) is 0. The van der Waals surface area contributed by atoms with Gasteiger partial charge in [-0.25, -0.2) is 0 Å². The minimum Gasteiger partial charge on any atom is -0.156 e. The molecule has 4 aliphatic heterocycles. The van der Waals surface area contributed by atoms with E-state index in [0.717, 1.165) is 0 Å². The molecule has 4 aliphatic rings. The van der Waals surface area contributed by atoms with Crippen LogP contribution in [0.5, 0.6) is 0 Å². The molecule has 0 atom stereocenters. The maximum Gasteiger partial charge on any atom is 0.0404 e. The number of hydrogen-bond acceptors (Lipinski definition) is 4. The molecule has 6 heteroatoms. The van der Waals surface area contributed by atoms with Gasteiger partial charge in [0, 0.05) is 70.5 Å². The molecule has 0 radical (unpaired) electrons. The van der Waals surface area contributed by atoms with Gasteiger partial charge in [0.2, 0.25) is 0 Å². The second-order valence-corrected chi connectivity index (χ2v) is 15.8. The number of thioether (sulfide) groups is 4. The van der Waals surface area contributed by atoms with E-state index in [-0.39, 0.29) is 0 Å². The van der Waals surface area contributed by atoms with Gasteiger partial charge in [0.1, 0.15) is 0 Å². The molecule has 0 aliphatic carbocycles. The summed E-state index contributed by atoms with van der Waals surface area (Å²) >= 11 is 8.46. The van der Waals surface area contributed by atoms with Crippen LogP contribution in [0.1, 0.15) is 0 Å². The summed E-state index contributed by atoms with van der Waals surface area (Å²) in [7, 11) is 0.845.